The number of nitrogens with two attached hydrogens (primary N) is 1. The molecule has 1 saturated heterocycles. The van der Waals surface area contributed by atoms with E-state index in [4.69, 9.17) is 15.2 Å². The number of Topliss-reactive ketones (excluding diaryl/α,β-unsaturated/α-hetero) is 2. The molecule has 1 aromatic carbocycles. The predicted molar refractivity (Wildman–Crippen MR) is 133 cm³/mol. The van der Waals surface area contributed by atoms with E-state index >= 15 is 0 Å². The van der Waals surface area contributed by atoms with Gasteiger partial charge in [0.1, 0.15) is 28.9 Å². The molecule has 1 amide bonds. The number of carbonyl (C=O) groups excluding carboxylic acids is 4. The summed E-state index contributed by atoms with van der Waals surface area (Å²) in [6, 6.07) is 4.52. The van der Waals surface area contributed by atoms with Crippen molar-refractivity contribution in [3.63, 3.8) is 0 Å². The standard InChI is InChI=1S/C27H30N2O10/c1-12-13-3-2-4-15(30)19(13)22(33)21-18(12)23(39-17(32)5-6-29-7-9-38-10-8-29)14-11-16(31)20(26(28)36)24(34)27(14,37)25(21)35/h2-4,12,14,18,23,30,33-34,37H,5-11H2,1H3,(H2,28,36)/t12-,14+,18+,23+,27+/m0/s1. The summed E-state index contributed by atoms with van der Waals surface area (Å²) in [4.78, 5) is 53.8. The van der Waals surface area contributed by atoms with Crippen LogP contribution in [0.5, 0.6) is 5.75 Å². The number of ether oxygens (including phenoxy) is 2. The van der Waals surface area contributed by atoms with Crippen LogP contribution in [0.2, 0.25) is 0 Å². The SMILES string of the molecule is C[C@H]1c2cccc(O)c2C(O)=C2C(=O)[C@]3(O)C(O)=C(C(N)=O)C(=O)C[C@@H]3[C@@H](OC(=O)CCN3CCOCC3)[C@@H]21. The third-order valence-electron chi connectivity index (χ3n) is 8.34. The van der Waals surface area contributed by atoms with Gasteiger partial charge in [-0.05, 0) is 17.5 Å². The zero-order chi connectivity index (χ0) is 28.2. The third-order valence-corrected chi connectivity index (χ3v) is 8.34. The van der Waals surface area contributed by atoms with Crippen molar-refractivity contribution in [2.75, 3.05) is 32.8 Å². The highest BCUT2D eigenvalue weighted by Crippen LogP contribution is 2.56. The number of primary amides is 1. The Bertz CT molecular complexity index is 1330. The van der Waals surface area contributed by atoms with Gasteiger partial charge in [0, 0.05) is 43.5 Å². The van der Waals surface area contributed by atoms with Crippen LogP contribution in [0.1, 0.15) is 36.8 Å². The van der Waals surface area contributed by atoms with E-state index in [1.165, 1.54) is 6.07 Å². The fraction of sp³-hybridized carbons (Fsp3) is 0.481. The summed E-state index contributed by atoms with van der Waals surface area (Å²) in [6.07, 6.45) is -2.01. The number of esters is 1. The number of carbonyl (C=O) groups is 4. The number of morpholine rings is 1. The molecule has 0 unspecified atom stereocenters. The lowest BCUT2D eigenvalue weighted by Crippen LogP contribution is -2.64. The molecular weight excluding hydrogens is 512 g/mol. The lowest BCUT2D eigenvalue weighted by atomic mass is 9.55. The molecule has 208 valence electrons. The fourth-order valence-electron chi connectivity index (χ4n) is 6.37. The highest BCUT2D eigenvalue weighted by Gasteiger charge is 2.66. The van der Waals surface area contributed by atoms with E-state index in [9.17, 15) is 39.6 Å². The molecule has 6 N–H and O–H groups in total. The van der Waals surface area contributed by atoms with E-state index in [0.717, 1.165) is 0 Å². The van der Waals surface area contributed by atoms with Crippen molar-refractivity contribution in [1.29, 1.82) is 0 Å². The Kier molecular flexibility index (Phi) is 6.73. The Morgan fingerprint density at radius 1 is 1.18 bits per heavy atom. The Morgan fingerprint density at radius 2 is 1.87 bits per heavy atom. The summed E-state index contributed by atoms with van der Waals surface area (Å²) in [5.41, 5.74) is 1.51. The van der Waals surface area contributed by atoms with E-state index in [2.05, 4.69) is 0 Å². The van der Waals surface area contributed by atoms with Crippen LogP contribution in [0.4, 0.5) is 0 Å². The topological polar surface area (TPSA) is 197 Å². The van der Waals surface area contributed by atoms with Gasteiger partial charge in [-0.2, -0.15) is 0 Å². The smallest absolute Gasteiger partial charge is 0.307 e. The molecule has 12 heteroatoms. The van der Waals surface area contributed by atoms with Crippen molar-refractivity contribution >= 4 is 29.2 Å². The maximum atomic E-state index is 13.9. The largest absolute Gasteiger partial charge is 0.508 e. The molecule has 3 aliphatic carbocycles. The van der Waals surface area contributed by atoms with Crippen LogP contribution in [0.15, 0.2) is 35.1 Å². The number of aromatic hydroxyl groups is 1. The molecule has 0 aromatic heterocycles. The van der Waals surface area contributed by atoms with Gasteiger partial charge in [0.2, 0.25) is 5.78 Å². The van der Waals surface area contributed by atoms with Crippen LogP contribution in [-0.2, 0) is 28.7 Å². The van der Waals surface area contributed by atoms with Gasteiger partial charge in [-0.15, -0.1) is 0 Å². The van der Waals surface area contributed by atoms with Gasteiger partial charge in [-0.3, -0.25) is 24.1 Å². The molecule has 2 fully saturated rings. The number of benzene rings is 1. The van der Waals surface area contributed by atoms with Crippen LogP contribution in [0, 0.1) is 11.8 Å². The van der Waals surface area contributed by atoms with Gasteiger partial charge in [-0.1, -0.05) is 19.1 Å². The van der Waals surface area contributed by atoms with Crippen LogP contribution in [0.25, 0.3) is 5.76 Å². The average molecular weight is 543 g/mol. The van der Waals surface area contributed by atoms with Crippen LogP contribution < -0.4 is 5.73 Å². The maximum absolute atomic E-state index is 13.9. The lowest BCUT2D eigenvalue weighted by molar-refractivity contribution is -0.179. The van der Waals surface area contributed by atoms with Crippen LogP contribution >= 0.6 is 0 Å². The molecule has 1 heterocycles. The Balaban J connectivity index is 1.61. The maximum Gasteiger partial charge on any atom is 0.307 e. The first-order valence-corrected chi connectivity index (χ1v) is 12.8. The van der Waals surface area contributed by atoms with Gasteiger partial charge in [0.05, 0.1) is 25.2 Å². The van der Waals surface area contributed by atoms with E-state index in [1.54, 1.807) is 19.1 Å². The van der Waals surface area contributed by atoms with Crippen molar-refractivity contribution in [2.24, 2.45) is 17.6 Å². The molecule has 1 saturated carbocycles. The first-order valence-electron chi connectivity index (χ1n) is 12.8. The van der Waals surface area contributed by atoms with Crippen LogP contribution in [0.3, 0.4) is 0 Å². The van der Waals surface area contributed by atoms with Crippen molar-refractivity contribution in [3.8, 4) is 5.75 Å². The summed E-state index contributed by atoms with van der Waals surface area (Å²) in [5, 5.41) is 44.4. The minimum Gasteiger partial charge on any atom is -0.508 e. The summed E-state index contributed by atoms with van der Waals surface area (Å²) >= 11 is 0. The second-order valence-electron chi connectivity index (χ2n) is 10.4. The number of nitrogens with zero attached hydrogens (tertiary/aromatic N) is 1. The van der Waals surface area contributed by atoms with Gasteiger partial charge >= 0.3 is 5.97 Å². The van der Waals surface area contributed by atoms with Crippen molar-refractivity contribution < 1.29 is 49.1 Å². The monoisotopic (exact) mass is 542 g/mol. The number of ketones is 2. The van der Waals surface area contributed by atoms with Crippen molar-refractivity contribution in [2.45, 2.75) is 37.4 Å². The molecule has 5 rings (SSSR count). The third kappa shape index (κ3) is 4.10. The Morgan fingerprint density at radius 3 is 2.54 bits per heavy atom. The van der Waals surface area contributed by atoms with Gasteiger partial charge in [0.15, 0.2) is 11.4 Å². The highest BCUT2D eigenvalue weighted by molar-refractivity contribution is 6.23. The molecule has 39 heavy (non-hydrogen) atoms. The first kappa shape index (κ1) is 26.9. The van der Waals surface area contributed by atoms with E-state index < -0.39 is 76.4 Å². The fourth-order valence-corrected chi connectivity index (χ4v) is 6.37. The second kappa shape index (κ2) is 9.78. The Hall–Kier alpha value is -3.74. The molecular formula is C27H30N2O10. The number of hydrogen-bond donors (Lipinski definition) is 5. The summed E-state index contributed by atoms with van der Waals surface area (Å²) in [5.74, 6) is -9.41. The summed E-state index contributed by atoms with van der Waals surface area (Å²) in [7, 11) is 0. The minimum absolute atomic E-state index is 0.0328. The highest BCUT2D eigenvalue weighted by atomic mass is 16.5. The number of fused-ring (bicyclic) bond motifs is 3. The quantitative estimate of drug-likeness (QED) is 0.252. The van der Waals surface area contributed by atoms with Gasteiger partial charge < -0.3 is 35.6 Å². The van der Waals surface area contributed by atoms with E-state index in [0.29, 0.717) is 38.4 Å². The van der Waals surface area contributed by atoms with E-state index in [1.807, 2.05) is 4.90 Å². The number of phenols is 1. The van der Waals surface area contributed by atoms with Crippen molar-refractivity contribution in [3.05, 3.63) is 46.2 Å². The van der Waals surface area contributed by atoms with Crippen molar-refractivity contribution in [1.82, 2.24) is 4.90 Å². The van der Waals surface area contributed by atoms with E-state index in [-0.39, 0.29) is 23.3 Å². The number of phenolic OH excluding ortho intramolecular Hbond substituents is 1. The molecule has 0 spiro atoms. The number of hydrogen-bond acceptors (Lipinski definition) is 11. The molecule has 1 aliphatic heterocycles. The first-order chi connectivity index (χ1) is 18.5. The molecule has 1 aromatic rings. The Labute approximate surface area is 223 Å². The minimum atomic E-state index is -2.88. The van der Waals surface area contributed by atoms with Gasteiger partial charge in [-0.25, -0.2) is 0 Å². The zero-order valence-corrected chi connectivity index (χ0v) is 21.3. The van der Waals surface area contributed by atoms with Gasteiger partial charge in [0.25, 0.3) is 5.91 Å². The normalized spacial score (nSPS) is 30.9. The molecule has 12 nitrogen and oxygen atoms in total. The predicted octanol–water partition coefficient (Wildman–Crippen LogP) is 0.229. The number of aliphatic hydroxyl groups excluding tert-OH is 2. The molecule has 0 bridgehead atoms. The number of amides is 1. The second-order valence-corrected chi connectivity index (χ2v) is 10.4. The summed E-state index contributed by atoms with van der Waals surface area (Å²) < 4.78 is 11.2. The lowest BCUT2D eigenvalue weighted by Gasteiger charge is -2.51. The molecule has 4 aliphatic rings. The molecule has 0 radical (unpaired) electrons. The number of aliphatic hydroxyl groups is 3. The van der Waals surface area contributed by atoms with Crippen LogP contribution in [-0.4, -0.2) is 93.3 Å². The number of rotatable bonds is 5. The molecule has 5 atom stereocenters. The summed E-state index contributed by atoms with van der Waals surface area (Å²) in [6.45, 7) is 4.41. The average Bonchev–Trinajstić information content (AvgIpc) is 2.89. The zero-order valence-electron chi connectivity index (χ0n) is 21.3.